The highest BCUT2D eigenvalue weighted by Crippen LogP contribution is 2.12. The van der Waals surface area contributed by atoms with Crippen LogP contribution >= 0.6 is 24.0 Å². The van der Waals surface area contributed by atoms with Crippen LogP contribution in [0.15, 0.2) is 23.3 Å². The fraction of sp³-hybridized carbons (Fsp3) is 0.700. The highest BCUT2D eigenvalue weighted by molar-refractivity contribution is 14.0. The molecule has 0 amide bonds. The third-order valence-electron chi connectivity index (χ3n) is 4.49. The first kappa shape index (κ1) is 23.9. The highest BCUT2D eigenvalue weighted by atomic mass is 127. The zero-order valence-electron chi connectivity index (χ0n) is 17.2. The fourth-order valence-corrected chi connectivity index (χ4v) is 3.16. The van der Waals surface area contributed by atoms with Gasteiger partial charge in [0.15, 0.2) is 5.96 Å². The molecule has 154 valence electrons. The second-order valence-corrected chi connectivity index (χ2v) is 7.39. The largest absolute Gasteiger partial charge is 0.478 e. The number of nitrogens with zero attached hydrogens (tertiary/aromatic N) is 3. The van der Waals surface area contributed by atoms with Gasteiger partial charge in [0.25, 0.3) is 0 Å². The summed E-state index contributed by atoms with van der Waals surface area (Å²) in [7, 11) is 1.82. The smallest absolute Gasteiger partial charge is 0.213 e. The van der Waals surface area contributed by atoms with Gasteiger partial charge >= 0.3 is 0 Å². The summed E-state index contributed by atoms with van der Waals surface area (Å²) in [6, 6.07) is 4.46. The van der Waals surface area contributed by atoms with Crippen molar-refractivity contribution in [1.29, 1.82) is 0 Å². The van der Waals surface area contributed by atoms with Gasteiger partial charge in [0, 0.05) is 51.5 Å². The average molecular weight is 489 g/mol. The van der Waals surface area contributed by atoms with Crippen molar-refractivity contribution in [2.75, 3.05) is 33.3 Å². The van der Waals surface area contributed by atoms with Crippen molar-refractivity contribution in [3.8, 4) is 5.88 Å². The van der Waals surface area contributed by atoms with E-state index in [1.807, 2.05) is 25.4 Å². The normalized spacial score (nSPS) is 16.1. The summed E-state index contributed by atoms with van der Waals surface area (Å²) in [6.45, 7) is 11.6. The molecule has 1 aliphatic heterocycles. The number of piperidine rings is 1. The van der Waals surface area contributed by atoms with Crippen LogP contribution in [0.1, 0.15) is 45.6 Å². The van der Waals surface area contributed by atoms with Crippen molar-refractivity contribution in [1.82, 2.24) is 20.5 Å². The number of aliphatic imine (C=N–C) groups is 1. The standard InChI is InChI=1S/C20H35N5O.HI/c1-5-12-26-19-7-6-17(13-22-19)14-23-20(21-4)24-18-8-10-25(11-9-18)15-16(2)3;/h6-7,13,16,18H,5,8-12,14-15H2,1-4H3,(H2,21,23,24);1H. The number of aromatic nitrogens is 1. The molecule has 0 aromatic carbocycles. The molecule has 0 bridgehead atoms. The van der Waals surface area contributed by atoms with Crippen LogP contribution in [0.4, 0.5) is 0 Å². The summed E-state index contributed by atoms with van der Waals surface area (Å²) >= 11 is 0. The molecule has 1 aromatic heterocycles. The Morgan fingerprint density at radius 2 is 2.07 bits per heavy atom. The molecule has 2 rings (SSSR count). The molecular weight excluding hydrogens is 453 g/mol. The number of pyridine rings is 1. The number of hydrogen-bond acceptors (Lipinski definition) is 4. The molecule has 6 nitrogen and oxygen atoms in total. The summed E-state index contributed by atoms with van der Waals surface area (Å²) in [6.07, 6.45) is 5.18. The number of ether oxygens (including phenoxy) is 1. The van der Waals surface area contributed by atoms with Crippen LogP contribution in [0.5, 0.6) is 5.88 Å². The maximum Gasteiger partial charge on any atom is 0.213 e. The van der Waals surface area contributed by atoms with E-state index in [9.17, 15) is 0 Å². The Morgan fingerprint density at radius 3 is 2.63 bits per heavy atom. The molecule has 1 saturated heterocycles. The number of hydrogen-bond donors (Lipinski definition) is 2. The van der Waals surface area contributed by atoms with E-state index < -0.39 is 0 Å². The van der Waals surface area contributed by atoms with Crippen molar-refractivity contribution in [3.63, 3.8) is 0 Å². The third-order valence-corrected chi connectivity index (χ3v) is 4.49. The first-order valence-electron chi connectivity index (χ1n) is 9.88. The number of likely N-dealkylation sites (tertiary alicyclic amines) is 1. The molecule has 2 N–H and O–H groups in total. The number of halogens is 1. The predicted octanol–water partition coefficient (Wildman–Crippen LogP) is 3.27. The Kier molecular flexibility index (Phi) is 11.7. The zero-order chi connectivity index (χ0) is 18.8. The molecular formula is C20H36IN5O. The molecule has 0 radical (unpaired) electrons. The molecule has 1 aliphatic rings. The SMILES string of the molecule is CCCOc1ccc(CNC(=NC)NC2CCN(CC(C)C)CC2)cn1.I. The van der Waals surface area contributed by atoms with Crippen LogP contribution < -0.4 is 15.4 Å². The molecule has 7 heteroatoms. The topological polar surface area (TPSA) is 61.8 Å². The zero-order valence-corrected chi connectivity index (χ0v) is 19.5. The first-order chi connectivity index (χ1) is 12.6. The van der Waals surface area contributed by atoms with Gasteiger partial charge in [0.05, 0.1) is 6.61 Å². The van der Waals surface area contributed by atoms with Crippen molar-refractivity contribution in [2.24, 2.45) is 10.9 Å². The number of nitrogens with one attached hydrogen (secondary N) is 2. The molecule has 0 atom stereocenters. The van der Waals surface area contributed by atoms with E-state index in [1.54, 1.807) is 0 Å². The van der Waals surface area contributed by atoms with Gasteiger partial charge in [-0.3, -0.25) is 4.99 Å². The molecule has 2 heterocycles. The Morgan fingerprint density at radius 1 is 1.33 bits per heavy atom. The van der Waals surface area contributed by atoms with E-state index in [0.717, 1.165) is 37.0 Å². The molecule has 0 saturated carbocycles. The molecule has 0 spiro atoms. The van der Waals surface area contributed by atoms with E-state index in [-0.39, 0.29) is 24.0 Å². The van der Waals surface area contributed by atoms with Gasteiger partial charge < -0.3 is 20.3 Å². The van der Waals surface area contributed by atoms with Gasteiger partial charge in [-0.2, -0.15) is 0 Å². The van der Waals surface area contributed by atoms with Crippen molar-refractivity contribution < 1.29 is 4.74 Å². The van der Waals surface area contributed by atoms with Crippen LogP contribution in [0.25, 0.3) is 0 Å². The summed E-state index contributed by atoms with van der Waals surface area (Å²) < 4.78 is 5.52. The Bertz CT molecular complexity index is 542. The minimum atomic E-state index is 0. The first-order valence-corrected chi connectivity index (χ1v) is 9.88. The summed E-state index contributed by atoms with van der Waals surface area (Å²) in [5.74, 6) is 2.28. The second kappa shape index (κ2) is 13.1. The van der Waals surface area contributed by atoms with E-state index in [0.29, 0.717) is 25.1 Å². The highest BCUT2D eigenvalue weighted by Gasteiger charge is 2.20. The van der Waals surface area contributed by atoms with Crippen molar-refractivity contribution in [2.45, 2.75) is 52.6 Å². The molecule has 0 aliphatic carbocycles. The van der Waals surface area contributed by atoms with Crippen LogP contribution in [-0.2, 0) is 6.54 Å². The monoisotopic (exact) mass is 489 g/mol. The Labute approximate surface area is 181 Å². The summed E-state index contributed by atoms with van der Waals surface area (Å²) in [4.78, 5) is 11.3. The fourth-order valence-electron chi connectivity index (χ4n) is 3.16. The lowest BCUT2D eigenvalue weighted by Gasteiger charge is -2.34. The molecule has 1 aromatic rings. The quantitative estimate of drug-likeness (QED) is 0.334. The van der Waals surface area contributed by atoms with Crippen LogP contribution in [0.3, 0.4) is 0 Å². The minimum absolute atomic E-state index is 0. The van der Waals surface area contributed by atoms with Crippen LogP contribution in [0, 0.1) is 5.92 Å². The van der Waals surface area contributed by atoms with Crippen LogP contribution in [0.2, 0.25) is 0 Å². The lowest BCUT2D eigenvalue weighted by atomic mass is 10.0. The summed E-state index contributed by atoms with van der Waals surface area (Å²) in [5, 5.41) is 6.94. The lowest BCUT2D eigenvalue weighted by molar-refractivity contribution is 0.187. The maximum atomic E-state index is 5.52. The van der Waals surface area contributed by atoms with Gasteiger partial charge in [-0.1, -0.05) is 26.8 Å². The van der Waals surface area contributed by atoms with E-state index in [1.165, 1.54) is 19.4 Å². The van der Waals surface area contributed by atoms with Crippen LogP contribution in [-0.4, -0.2) is 55.2 Å². The van der Waals surface area contributed by atoms with E-state index in [4.69, 9.17) is 4.74 Å². The van der Waals surface area contributed by atoms with Crippen molar-refractivity contribution >= 4 is 29.9 Å². The average Bonchev–Trinajstić information content (AvgIpc) is 2.65. The maximum absolute atomic E-state index is 5.52. The van der Waals surface area contributed by atoms with E-state index >= 15 is 0 Å². The number of guanidine groups is 1. The van der Waals surface area contributed by atoms with Gasteiger partial charge in [-0.25, -0.2) is 4.98 Å². The molecule has 1 fully saturated rings. The molecule has 0 unspecified atom stereocenters. The summed E-state index contributed by atoms with van der Waals surface area (Å²) in [5.41, 5.74) is 1.11. The minimum Gasteiger partial charge on any atom is -0.478 e. The van der Waals surface area contributed by atoms with Gasteiger partial charge in [-0.05, 0) is 30.7 Å². The number of rotatable bonds is 8. The lowest BCUT2D eigenvalue weighted by Crippen LogP contribution is -2.48. The molecule has 27 heavy (non-hydrogen) atoms. The predicted molar refractivity (Wildman–Crippen MR) is 123 cm³/mol. The third kappa shape index (κ3) is 9.10. The van der Waals surface area contributed by atoms with Crippen molar-refractivity contribution in [3.05, 3.63) is 23.9 Å². The Hall–Kier alpha value is -1.09. The van der Waals surface area contributed by atoms with E-state index in [2.05, 4.69) is 46.3 Å². The Balaban J connectivity index is 0.00000364. The van der Waals surface area contributed by atoms with Gasteiger partial charge in [0.1, 0.15) is 0 Å². The van der Waals surface area contributed by atoms with Gasteiger partial charge in [0.2, 0.25) is 5.88 Å². The second-order valence-electron chi connectivity index (χ2n) is 7.39. The van der Waals surface area contributed by atoms with Gasteiger partial charge in [-0.15, -0.1) is 24.0 Å².